The molecule has 0 radical (unpaired) electrons. The minimum absolute atomic E-state index is 0.868. The fourth-order valence-electron chi connectivity index (χ4n) is 1.54. The second-order valence-electron chi connectivity index (χ2n) is 3.40. The standard InChI is InChI=1S/C13H13NO/c1-10-4-3-9-14-13(10)11-5-7-12(15-2)8-6-11/h3-9H,1-2H3. The molecule has 76 valence electrons. The quantitative estimate of drug-likeness (QED) is 0.741. The van der Waals surface area contributed by atoms with Gasteiger partial charge in [0.2, 0.25) is 0 Å². The van der Waals surface area contributed by atoms with Gasteiger partial charge in [-0.3, -0.25) is 4.98 Å². The van der Waals surface area contributed by atoms with Crippen LogP contribution < -0.4 is 4.74 Å². The van der Waals surface area contributed by atoms with E-state index in [2.05, 4.69) is 18.0 Å². The van der Waals surface area contributed by atoms with Crippen LogP contribution in [-0.4, -0.2) is 12.1 Å². The van der Waals surface area contributed by atoms with Crippen molar-refractivity contribution in [2.45, 2.75) is 6.92 Å². The van der Waals surface area contributed by atoms with Crippen LogP contribution in [0, 0.1) is 6.92 Å². The number of methoxy groups -OCH3 is 1. The first-order valence-electron chi connectivity index (χ1n) is 4.87. The molecule has 0 N–H and O–H groups in total. The molecule has 0 aliphatic heterocycles. The Kier molecular flexibility index (Phi) is 2.68. The van der Waals surface area contributed by atoms with Crippen LogP contribution in [0.15, 0.2) is 42.6 Å². The van der Waals surface area contributed by atoms with Gasteiger partial charge in [0.1, 0.15) is 5.75 Å². The summed E-state index contributed by atoms with van der Waals surface area (Å²) in [7, 11) is 1.67. The summed E-state index contributed by atoms with van der Waals surface area (Å²) in [6.45, 7) is 2.06. The molecule has 1 aromatic carbocycles. The fraction of sp³-hybridized carbons (Fsp3) is 0.154. The first kappa shape index (κ1) is 9.71. The van der Waals surface area contributed by atoms with E-state index in [1.165, 1.54) is 5.56 Å². The Bertz CT molecular complexity index is 448. The number of aryl methyl sites for hydroxylation is 1. The summed E-state index contributed by atoms with van der Waals surface area (Å²) in [6, 6.07) is 11.9. The zero-order valence-corrected chi connectivity index (χ0v) is 8.90. The minimum atomic E-state index is 0.868. The summed E-state index contributed by atoms with van der Waals surface area (Å²) in [6.07, 6.45) is 1.81. The molecule has 2 aromatic rings. The van der Waals surface area contributed by atoms with Gasteiger partial charge in [-0.15, -0.1) is 0 Å². The first-order chi connectivity index (χ1) is 7.31. The highest BCUT2D eigenvalue weighted by Crippen LogP contribution is 2.22. The second kappa shape index (κ2) is 4.13. The lowest BCUT2D eigenvalue weighted by Gasteiger charge is -2.05. The number of nitrogens with zero attached hydrogens (tertiary/aromatic N) is 1. The Morgan fingerprint density at radius 3 is 2.40 bits per heavy atom. The predicted molar refractivity (Wildman–Crippen MR) is 61.0 cm³/mol. The molecule has 2 rings (SSSR count). The Morgan fingerprint density at radius 2 is 1.80 bits per heavy atom. The molecule has 0 aliphatic carbocycles. The number of aromatic nitrogens is 1. The number of hydrogen-bond acceptors (Lipinski definition) is 2. The average molecular weight is 199 g/mol. The third-order valence-corrected chi connectivity index (χ3v) is 2.37. The smallest absolute Gasteiger partial charge is 0.118 e. The van der Waals surface area contributed by atoms with E-state index in [4.69, 9.17) is 4.74 Å². The highest BCUT2D eigenvalue weighted by atomic mass is 16.5. The van der Waals surface area contributed by atoms with Crippen LogP contribution >= 0.6 is 0 Å². The van der Waals surface area contributed by atoms with Gasteiger partial charge in [0, 0.05) is 11.8 Å². The Labute approximate surface area is 89.6 Å². The highest BCUT2D eigenvalue weighted by molar-refractivity contribution is 5.63. The SMILES string of the molecule is COc1ccc(-c2ncccc2C)cc1. The number of rotatable bonds is 2. The van der Waals surface area contributed by atoms with E-state index >= 15 is 0 Å². The molecule has 0 fully saturated rings. The van der Waals surface area contributed by atoms with E-state index in [1.807, 2.05) is 36.5 Å². The van der Waals surface area contributed by atoms with Crippen molar-refractivity contribution in [3.8, 4) is 17.0 Å². The van der Waals surface area contributed by atoms with Gasteiger partial charge in [-0.1, -0.05) is 6.07 Å². The van der Waals surface area contributed by atoms with Crippen molar-refractivity contribution in [3.05, 3.63) is 48.2 Å². The molecule has 0 atom stereocenters. The van der Waals surface area contributed by atoms with Gasteiger partial charge in [-0.2, -0.15) is 0 Å². The van der Waals surface area contributed by atoms with E-state index in [-0.39, 0.29) is 0 Å². The molecule has 1 heterocycles. The summed E-state index contributed by atoms with van der Waals surface area (Å²) in [4.78, 5) is 4.36. The molecule has 1 aromatic heterocycles. The summed E-state index contributed by atoms with van der Waals surface area (Å²) < 4.78 is 5.11. The number of benzene rings is 1. The van der Waals surface area contributed by atoms with Crippen LogP contribution in [-0.2, 0) is 0 Å². The summed E-state index contributed by atoms with van der Waals surface area (Å²) in [5.74, 6) is 0.868. The van der Waals surface area contributed by atoms with Crippen molar-refractivity contribution in [2.24, 2.45) is 0 Å². The largest absolute Gasteiger partial charge is 0.497 e. The van der Waals surface area contributed by atoms with Crippen LogP contribution in [0.4, 0.5) is 0 Å². The first-order valence-corrected chi connectivity index (χ1v) is 4.87. The summed E-state index contributed by atoms with van der Waals surface area (Å²) in [5.41, 5.74) is 3.33. The molecule has 0 aliphatic rings. The van der Waals surface area contributed by atoms with Crippen LogP contribution in [0.5, 0.6) is 5.75 Å². The monoisotopic (exact) mass is 199 g/mol. The molecule has 0 unspecified atom stereocenters. The minimum Gasteiger partial charge on any atom is -0.497 e. The van der Waals surface area contributed by atoms with Crippen molar-refractivity contribution in [1.29, 1.82) is 0 Å². The van der Waals surface area contributed by atoms with Gasteiger partial charge in [0.25, 0.3) is 0 Å². The molecule has 0 saturated heterocycles. The van der Waals surface area contributed by atoms with E-state index in [9.17, 15) is 0 Å². The highest BCUT2D eigenvalue weighted by Gasteiger charge is 2.01. The lowest BCUT2D eigenvalue weighted by molar-refractivity contribution is 0.415. The van der Waals surface area contributed by atoms with Gasteiger partial charge in [-0.25, -0.2) is 0 Å². The van der Waals surface area contributed by atoms with Crippen LogP contribution in [0.2, 0.25) is 0 Å². The number of hydrogen-bond donors (Lipinski definition) is 0. The maximum Gasteiger partial charge on any atom is 0.118 e. The fourth-order valence-corrected chi connectivity index (χ4v) is 1.54. The predicted octanol–water partition coefficient (Wildman–Crippen LogP) is 3.07. The van der Waals surface area contributed by atoms with Crippen molar-refractivity contribution >= 4 is 0 Å². The average Bonchev–Trinajstić information content (AvgIpc) is 2.30. The Morgan fingerprint density at radius 1 is 1.07 bits per heavy atom. The molecule has 0 saturated carbocycles. The number of pyridine rings is 1. The van der Waals surface area contributed by atoms with E-state index in [0.717, 1.165) is 17.0 Å². The molecule has 2 nitrogen and oxygen atoms in total. The summed E-state index contributed by atoms with van der Waals surface area (Å²) >= 11 is 0. The Balaban J connectivity index is 2.42. The van der Waals surface area contributed by atoms with Gasteiger partial charge in [0.15, 0.2) is 0 Å². The van der Waals surface area contributed by atoms with Gasteiger partial charge in [0.05, 0.1) is 12.8 Å². The van der Waals surface area contributed by atoms with Crippen molar-refractivity contribution in [2.75, 3.05) is 7.11 Å². The molecule has 0 amide bonds. The van der Waals surface area contributed by atoms with Crippen LogP contribution in [0.1, 0.15) is 5.56 Å². The Hall–Kier alpha value is -1.83. The zero-order valence-electron chi connectivity index (χ0n) is 8.90. The summed E-state index contributed by atoms with van der Waals surface area (Å²) in [5, 5.41) is 0. The number of ether oxygens (including phenoxy) is 1. The normalized spacial score (nSPS) is 10.0. The second-order valence-corrected chi connectivity index (χ2v) is 3.40. The van der Waals surface area contributed by atoms with Crippen LogP contribution in [0.3, 0.4) is 0 Å². The topological polar surface area (TPSA) is 22.1 Å². The third-order valence-electron chi connectivity index (χ3n) is 2.37. The maximum absolute atomic E-state index is 5.11. The molecule has 2 heteroatoms. The van der Waals surface area contributed by atoms with E-state index in [1.54, 1.807) is 7.11 Å². The molecule has 0 bridgehead atoms. The van der Waals surface area contributed by atoms with Crippen molar-refractivity contribution < 1.29 is 4.74 Å². The maximum atomic E-state index is 5.11. The molecular weight excluding hydrogens is 186 g/mol. The molecular formula is C13H13NO. The lowest BCUT2D eigenvalue weighted by Crippen LogP contribution is -1.87. The van der Waals surface area contributed by atoms with Crippen molar-refractivity contribution in [3.63, 3.8) is 0 Å². The molecule has 15 heavy (non-hydrogen) atoms. The van der Waals surface area contributed by atoms with E-state index < -0.39 is 0 Å². The van der Waals surface area contributed by atoms with Gasteiger partial charge >= 0.3 is 0 Å². The van der Waals surface area contributed by atoms with Gasteiger partial charge < -0.3 is 4.74 Å². The van der Waals surface area contributed by atoms with Crippen LogP contribution in [0.25, 0.3) is 11.3 Å². The van der Waals surface area contributed by atoms with E-state index in [0.29, 0.717) is 0 Å². The third kappa shape index (κ3) is 1.99. The molecule has 0 spiro atoms. The lowest BCUT2D eigenvalue weighted by atomic mass is 10.1. The van der Waals surface area contributed by atoms with Crippen molar-refractivity contribution in [1.82, 2.24) is 4.98 Å². The van der Waals surface area contributed by atoms with Gasteiger partial charge in [-0.05, 0) is 42.8 Å². The zero-order chi connectivity index (χ0) is 10.7.